The molecule has 0 saturated heterocycles. The van der Waals surface area contributed by atoms with Crippen molar-refractivity contribution < 1.29 is 19.2 Å². The van der Waals surface area contributed by atoms with Crippen molar-refractivity contribution in [3.8, 4) is 11.1 Å². The molecule has 2 aliphatic carbocycles. The summed E-state index contributed by atoms with van der Waals surface area (Å²) in [6.07, 6.45) is 10.1. The van der Waals surface area contributed by atoms with Crippen LogP contribution in [-0.4, -0.2) is 63.0 Å². The van der Waals surface area contributed by atoms with E-state index < -0.39 is 5.78 Å². The lowest BCUT2D eigenvalue weighted by Gasteiger charge is -2.25. The average molecular weight is 1140 g/mol. The summed E-state index contributed by atoms with van der Waals surface area (Å²) in [4.78, 5) is 105. The highest BCUT2D eigenvalue weighted by atomic mass is 16.2. The SMILES string of the molecule is Cc1cc(N2/C(=C/C=C3C(=O)c4cc5ccccc5cc4C3=O)N(c3cc(C)nc(C)c3)c3nc4cc(-c5ccc6cc7c(cc6c5)C(=O)/C(=C\C=C5N(c6ccccn6)c6nc8ccccc8nc6N5c5ccccn5)C7=O)ccc4nc32)cc(C)n1. The average Bonchev–Trinajstić information content (AvgIpc) is 1.68. The number of hydrogen-bond acceptors (Lipinski definition) is 16. The molecule has 16 heteroatoms. The topological polar surface area (TPSA) is 184 Å². The molecular weight excluding hydrogens is 1100 g/mol. The monoisotopic (exact) mass is 1140 g/mol. The summed E-state index contributed by atoms with van der Waals surface area (Å²) in [7, 11) is 0. The summed E-state index contributed by atoms with van der Waals surface area (Å²) in [5.41, 5.74) is 10.3. The number of carbonyl (C=O) groups is 4. The first-order chi connectivity index (χ1) is 42.9. The second-order valence-electron chi connectivity index (χ2n) is 22.1. The molecule has 16 rings (SSSR count). The predicted octanol–water partition coefficient (Wildman–Crippen LogP) is 14.6. The molecule has 4 aliphatic rings. The van der Waals surface area contributed by atoms with Crippen molar-refractivity contribution in [1.82, 2.24) is 39.9 Å². The number of hydrogen-bond donors (Lipinski definition) is 0. The number of Topliss-reactive ketones (excluding diaryl/α,β-unsaturated/α-hetero) is 4. The number of ketones is 4. The van der Waals surface area contributed by atoms with E-state index in [-0.39, 0.29) is 28.5 Å². The number of anilines is 8. The van der Waals surface area contributed by atoms with Gasteiger partial charge < -0.3 is 0 Å². The van der Waals surface area contributed by atoms with Gasteiger partial charge >= 0.3 is 0 Å². The zero-order chi connectivity index (χ0) is 59.6. The molecule has 12 aromatic rings. The Morgan fingerprint density at radius 1 is 0.318 bits per heavy atom. The molecule has 16 nitrogen and oxygen atoms in total. The zero-order valence-electron chi connectivity index (χ0n) is 47.6. The van der Waals surface area contributed by atoms with E-state index in [1.807, 2.05) is 193 Å². The molecular formula is C72H46N12O4. The van der Waals surface area contributed by atoms with Crippen molar-refractivity contribution in [3.05, 3.63) is 274 Å². The Kier molecular flexibility index (Phi) is 11.6. The molecule has 418 valence electrons. The molecule has 8 heterocycles. The third kappa shape index (κ3) is 8.29. The van der Waals surface area contributed by atoms with Crippen LogP contribution in [0.2, 0.25) is 0 Å². The number of para-hydroxylation sites is 2. The standard InChI is InChI=1S/C72H46N12O4/c1-39-29-49(30-40(2)75-39)81-63(25-22-51-65(85)53-34-43-13-5-6-14-44(43)35-54(53)66(51)86)82(50-31-41(3)76-42(4)32-50)70-69(81)79-59-24-21-47(38-60(59)80-70)45-19-20-46-36-55-56(37-48(46)33-45)68(88)52(67(55)87)23-26-64-83(61-17-9-11-27-73-61)71-72(84(64)62-18-10-12-28-74-62)78-58-16-8-7-15-57(58)77-71/h5-38H,1-4H3/b52-23-,63-25-. The maximum atomic E-state index is 14.6. The summed E-state index contributed by atoms with van der Waals surface area (Å²) in [6, 6.07) is 53.4. The predicted molar refractivity (Wildman–Crippen MR) is 340 cm³/mol. The van der Waals surface area contributed by atoms with Crippen LogP contribution in [0.4, 0.5) is 46.3 Å². The molecule has 0 bridgehead atoms. The molecule has 0 fully saturated rings. The molecule has 0 spiro atoms. The van der Waals surface area contributed by atoms with Gasteiger partial charge in [-0.05, 0) is 188 Å². The van der Waals surface area contributed by atoms with E-state index in [4.69, 9.17) is 39.9 Å². The second-order valence-corrected chi connectivity index (χ2v) is 22.1. The highest BCUT2D eigenvalue weighted by molar-refractivity contribution is 6.41. The van der Waals surface area contributed by atoms with Crippen LogP contribution in [0.1, 0.15) is 64.2 Å². The van der Waals surface area contributed by atoms with Gasteiger partial charge in [0, 0.05) is 57.4 Å². The van der Waals surface area contributed by atoms with Gasteiger partial charge in [-0.15, -0.1) is 0 Å². The van der Waals surface area contributed by atoms with E-state index in [9.17, 15) is 19.2 Å². The van der Waals surface area contributed by atoms with Crippen LogP contribution < -0.4 is 19.6 Å². The molecule has 0 N–H and O–H groups in total. The first-order valence-electron chi connectivity index (χ1n) is 28.5. The molecule has 0 radical (unpaired) electrons. The summed E-state index contributed by atoms with van der Waals surface area (Å²) in [6.45, 7) is 7.74. The molecule has 0 unspecified atom stereocenters. The van der Waals surface area contributed by atoms with Crippen molar-refractivity contribution in [1.29, 1.82) is 0 Å². The largest absolute Gasteiger partial charge is 0.288 e. The van der Waals surface area contributed by atoms with Crippen LogP contribution >= 0.6 is 0 Å². The number of carbonyl (C=O) groups excluding carboxylic acids is 4. The van der Waals surface area contributed by atoms with Gasteiger partial charge in [-0.2, -0.15) is 0 Å². The van der Waals surface area contributed by atoms with Crippen LogP contribution in [0, 0.1) is 27.7 Å². The fourth-order valence-electron chi connectivity index (χ4n) is 12.4. The van der Waals surface area contributed by atoms with E-state index in [0.29, 0.717) is 90.9 Å². The molecule has 88 heavy (non-hydrogen) atoms. The van der Waals surface area contributed by atoms with Gasteiger partial charge in [0.1, 0.15) is 23.3 Å². The minimum absolute atomic E-state index is 0.0102. The highest BCUT2D eigenvalue weighted by Gasteiger charge is 2.41. The number of aromatic nitrogens is 8. The van der Waals surface area contributed by atoms with Crippen LogP contribution in [0.25, 0.3) is 54.7 Å². The minimum atomic E-state index is -0.398. The molecule has 2 aliphatic heterocycles. The van der Waals surface area contributed by atoms with E-state index in [0.717, 1.165) is 66.8 Å². The van der Waals surface area contributed by atoms with Gasteiger partial charge in [0.2, 0.25) is 0 Å². The summed E-state index contributed by atoms with van der Waals surface area (Å²) < 4.78 is 0. The van der Waals surface area contributed by atoms with E-state index in [1.165, 1.54) is 0 Å². The summed E-state index contributed by atoms with van der Waals surface area (Å²) in [5, 5.41) is 3.30. The normalized spacial score (nSPS) is 15.3. The number of rotatable bonds is 7. The third-order valence-corrected chi connectivity index (χ3v) is 16.3. The lowest BCUT2D eigenvalue weighted by molar-refractivity contribution is 0.0973. The maximum Gasteiger partial charge on any atom is 0.197 e. The fraction of sp³-hybridized carbons (Fsp3) is 0.0556. The number of pyridine rings is 4. The van der Waals surface area contributed by atoms with Gasteiger partial charge in [0.05, 0.1) is 44.6 Å². The van der Waals surface area contributed by atoms with Gasteiger partial charge in [0.25, 0.3) is 0 Å². The molecule has 0 atom stereocenters. The number of benzene rings is 6. The maximum absolute atomic E-state index is 14.6. The first-order valence-corrected chi connectivity index (χ1v) is 28.5. The fourth-order valence-corrected chi connectivity index (χ4v) is 12.4. The molecule has 6 aromatic heterocycles. The van der Waals surface area contributed by atoms with Crippen molar-refractivity contribution in [3.63, 3.8) is 0 Å². The van der Waals surface area contributed by atoms with Crippen LogP contribution in [-0.2, 0) is 0 Å². The minimum Gasteiger partial charge on any atom is -0.288 e. The lowest BCUT2D eigenvalue weighted by atomic mass is 9.97. The molecule has 0 saturated carbocycles. The Balaban J connectivity index is 0.782. The van der Waals surface area contributed by atoms with Gasteiger partial charge in [-0.1, -0.05) is 66.7 Å². The molecule has 0 amide bonds. The van der Waals surface area contributed by atoms with Crippen molar-refractivity contribution in [2.45, 2.75) is 27.7 Å². The Labute approximate surface area is 502 Å². The first kappa shape index (κ1) is 51.6. The number of aryl methyl sites for hydroxylation is 4. The second kappa shape index (κ2) is 19.8. The Morgan fingerprint density at radius 3 is 1.16 bits per heavy atom. The Morgan fingerprint density at radius 2 is 0.693 bits per heavy atom. The smallest absolute Gasteiger partial charge is 0.197 e. The highest BCUT2D eigenvalue weighted by Crippen LogP contribution is 2.50. The number of fused-ring (bicyclic) bond motifs is 8. The van der Waals surface area contributed by atoms with E-state index in [2.05, 4.69) is 0 Å². The molecule has 6 aromatic carbocycles. The van der Waals surface area contributed by atoms with Crippen molar-refractivity contribution in [2.24, 2.45) is 0 Å². The van der Waals surface area contributed by atoms with Crippen LogP contribution in [0.15, 0.2) is 229 Å². The Bertz CT molecular complexity index is 5090. The summed E-state index contributed by atoms with van der Waals surface area (Å²) in [5.74, 6) is 2.78. The van der Waals surface area contributed by atoms with Gasteiger partial charge in [-0.25, -0.2) is 29.9 Å². The number of allylic oxidation sites excluding steroid dienone is 6. The van der Waals surface area contributed by atoms with E-state index >= 15 is 0 Å². The van der Waals surface area contributed by atoms with E-state index in [1.54, 1.807) is 61.0 Å². The zero-order valence-corrected chi connectivity index (χ0v) is 47.6. The quantitative estimate of drug-likeness (QED) is 0.108. The summed E-state index contributed by atoms with van der Waals surface area (Å²) >= 11 is 0. The van der Waals surface area contributed by atoms with Crippen LogP contribution in [0.3, 0.4) is 0 Å². The van der Waals surface area contributed by atoms with Crippen molar-refractivity contribution in [2.75, 3.05) is 19.6 Å². The lowest BCUT2D eigenvalue weighted by Crippen LogP contribution is -2.23. The number of nitrogens with zero attached hydrogens (tertiary/aromatic N) is 12. The Hall–Kier alpha value is -12.0. The van der Waals surface area contributed by atoms with Crippen LogP contribution in [0.5, 0.6) is 0 Å². The third-order valence-electron chi connectivity index (χ3n) is 16.3. The van der Waals surface area contributed by atoms with Crippen molar-refractivity contribution >= 4 is 113 Å². The van der Waals surface area contributed by atoms with Gasteiger partial charge in [-0.3, -0.25) is 48.7 Å². The van der Waals surface area contributed by atoms with Gasteiger partial charge in [0.15, 0.2) is 46.4 Å².